The second kappa shape index (κ2) is 4.24. The molecule has 0 bridgehead atoms. The first-order valence-electron chi connectivity index (χ1n) is 4.92. The SMILES string of the molecule is Cc1cccc([C@H](O)c2cccnc2)c1. The van der Waals surface area contributed by atoms with Gasteiger partial charge in [-0.15, -0.1) is 0 Å². The van der Waals surface area contributed by atoms with E-state index in [-0.39, 0.29) is 0 Å². The molecular weight excluding hydrogens is 186 g/mol. The minimum Gasteiger partial charge on any atom is -0.384 e. The van der Waals surface area contributed by atoms with E-state index in [1.807, 2.05) is 43.3 Å². The molecule has 0 saturated carbocycles. The molecule has 1 aromatic heterocycles. The number of aryl methyl sites for hydroxylation is 1. The lowest BCUT2D eigenvalue weighted by Gasteiger charge is -2.11. The second-order valence-corrected chi connectivity index (χ2v) is 3.60. The lowest BCUT2D eigenvalue weighted by Crippen LogP contribution is -1.99. The Morgan fingerprint density at radius 1 is 1.13 bits per heavy atom. The molecule has 0 unspecified atom stereocenters. The van der Waals surface area contributed by atoms with Crippen molar-refractivity contribution in [2.45, 2.75) is 13.0 Å². The molecule has 2 aromatic rings. The molecule has 1 atom stereocenters. The molecule has 0 amide bonds. The third-order valence-electron chi connectivity index (χ3n) is 2.36. The molecule has 0 radical (unpaired) electrons. The Morgan fingerprint density at radius 3 is 2.60 bits per heavy atom. The van der Waals surface area contributed by atoms with Crippen LogP contribution in [0, 0.1) is 6.92 Å². The number of aromatic nitrogens is 1. The van der Waals surface area contributed by atoms with Gasteiger partial charge in [0, 0.05) is 18.0 Å². The van der Waals surface area contributed by atoms with Gasteiger partial charge in [0.2, 0.25) is 0 Å². The lowest BCUT2D eigenvalue weighted by molar-refractivity contribution is 0.220. The van der Waals surface area contributed by atoms with Crippen molar-refractivity contribution < 1.29 is 5.11 Å². The smallest absolute Gasteiger partial charge is 0.106 e. The van der Waals surface area contributed by atoms with E-state index < -0.39 is 6.10 Å². The predicted molar refractivity (Wildman–Crippen MR) is 59.5 cm³/mol. The van der Waals surface area contributed by atoms with Crippen LogP contribution >= 0.6 is 0 Å². The predicted octanol–water partition coefficient (Wildman–Crippen LogP) is 2.47. The van der Waals surface area contributed by atoms with E-state index in [2.05, 4.69) is 4.98 Å². The summed E-state index contributed by atoms with van der Waals surface area (Å²) < 4.78 is 0. The summed E-state index contributed by atoms with van der Waals surface area (Å²) in [6.45, 7) is 2.01. The molecule has 2 nitrogen and oxygen atoms in total. The van der Waals surface area contributed by atoms with Gasteiger partial charge in [0.1, 0.15) is 6.10 Å². The monoisotopic (exact) mass is 199 g/mol. The number of benzene rings is 1. The summed E-state index contributed by atoms with van der Waals surface area (Å²) in [5, 5.41) is 10.1. The highest BCUT2D eigenvalue weighted by Crippen LogP contribution is 2.21. The van der Waals surface area contributed by atoms with Gasteiger partial charge in [0.25, 0.3) is 0 Å². The van der Waals surface area contributed by atoms with E-state index in [0.717, 1.165) is 16.7 Å². The molecule has 76 valence electrons. The second-order valence-electron chi connectivity index (χ2n) is 3.60. The van der Waals surface area contributed by atoms with Crippen LogP contribution in [0.2, 0.25) is 0 Å². The molecule has 15 heavy (non-hydrogen) atoms. The minimum absolute atomic E-state index is 0.585. The number of nitrogens with zero attached hydrogens (tertiary/aromatic N) is 1. The first-order valence-corrected chi connectivity index (χ1v) is 4.92. The van der Waals surface area contributed by atoms with Gasteiger partial charge in [-0.3, -0.25) is 4.98 Å². The fourth-order valence-electron chi connectivity index (χ4n) is 1.57. The van der Waals surface area contributed by atoms with Crippen LogP contribution in [0.1, 0.15) is 22.8 Å². The van der Waals surface area contributed by atoms with Gasteiger partial charge in [0.15, 0.2) is 0 Å². The molecular formula is C13H13NO. The maximum Gasteiger partial charge on any atom is 0.106 e. The lowest BCUT2D eigenvalue weighted by atomic mass is 10.0. The van der Waals surface area contributed by atoms with Crippen LogP contribution in [0.25, 0.3) is 0 Å². The maximum absolute atomic E-state index is 10.1. The third-order valence-corrected chi connectivity index (χ3v) is 2.36. The summed E-state index contributed by atoms with van der Waals surface area (Å²) in [6.07, 6.45) is 2.80. The van der Waals surface area contributed by atoms with Crippen LogP contribution < -0.4 is 0 Å². The fourth-order valence-corrected chi connectivity index (χ4v) is 1.57. The Bertz CT molecular complexity index is 439. The molecule has 0 saturated heterocycles. The number of pyridine rings is 1. The van der Waals surface area contributed by atoms with E-state index in [9.17, 15) is 5.11 Å². The molecule has 0 aliphatic rings. The van der Waals surface area contributed by atoms with Gasteiger partial charge in [0.05, 0.1) is 0 Å². The van der Waals surface area contributed by atoms with E-state index in [0.29, 0.717) is 0 Å². The number of aliphatic hydroxyl groups is 1. The molecule has 1 aromatic carbocycles. The van der Waals surface area contributed by atoms with Gasteiger partial charge in [-0.25, -0.2) is 0 Å². The summed E-state index contributed by atoms with van der Waals surface area (Å²) in [5.74, 6) is 0. The zero-order chi connectivity index (χ0) is 10.7. The van der Waals surface area contributed by atoms with Gasteiger partial charge >= 0.3 is 0 Å². The Labute approximate surface area is 89.2 Å². The van der Waals surface area contributed by atoms with Crippen molar-refractivity contribution in [2.24, 2.45) is 0 Å². The zero-order valence-corrected chi connectivity index (χ0v) is 8.59. The van der Waals surface area contributed by atoms with Gasteiger partial charge < -0.3 is 5.11 Å². The van der Waals surface area contributed by atoms with Crippen molar-refractivity contribution in [3.8, 4) is 0 Å². The van der Waals surface area contributed by atoms with Crippen molar-refractivity contribution in [3.05, 3.63) is 65.5 Å². The minimum atomic E-state index is -0.585. The Hall–Kier alpha value is -1.67. The average Bonchev–Trinajstić information content (AvgIpc) is 2.29. The van der Waals surface area contributed by atoms with Gasteiger partial charge in [-0.1, -0.05) is 35.9 Å². The molecule has 1 heterocycles. The topological polar surface area (TPSA) is 33.1 Å². The van der Waals surface area contributed by atoms with E-state index in [1.54, 1.807) is 12.4 Å². The summed E-state index contributed by atoms with van der Waals surface area (Å²) in [7, 11) is 0. The van der Waals surface area contributed by atoms with Crippen molar-refractivity contribution in [1.82, 2.24) is 4.98 Å². The normalized spacial score (nSPS) is 12.4. The van der Waals surface area contributed by atoms with Crippen LogP contribution in [0.4, 0.5) is 0 Å². The van der Waals surface area contributed by atoms with Crippen molar-refractivity contribution >= 4 is 0 Å². The van der Waals surface area contributed by atoms with Crippen molar-refractivity contribution in [1.29, 1.82) is 0 Å². The van der Waals surface area contributed by atoms with Crippen LogP contribution in [0.15, 0.2) is 48.8 Å². The molecule has 0 aliphatic heterocycles. The fraction of sp³-hybridized carbons (Fsp3) is 0.154. The van der Waals surface area contributed by atoms with Gasteiger partial charge in [-0.05, 0) is 18.6 Å². The highest BCUT2D eigenvalue weighted by atomic mass is 16.3. The first-order chi connectivity index (χ1) is 7.27. The van der Waals surface area contributed by atoms with Crippen LogP contribution in [-0.4, -0.2) is 10.1 Å². The Kier molecular flexibility index (Phi) is 2.79. The summed E-state index contributed by atoms with van der Waals surface area (Å²) in [6, 6.07) is 11.6. The first kappa shape index (κ1) is 9.87. The van der Waals surface area contributed by atoms with Crippen LogP contribution in [0.3, 0.4) is 0 Å². The number of aliphatic hydroxyl groups excluding tert-OH is 1. The van der Waals surface area contributed by atoms with E-state index in [1.165, 1.54) is 0 Å². The molecule has 0 aliphatic carbocycles. The van der Waals surface area contributed by atoms with E-state index in [4.69, 9.17) is 0 Å². The Morgan fingerprint density at radius 2 is 1.93 bits per heavy atom. The van der Waals surface area contributed by atoms with Gasteiger partial charge in [-0.2, -0.15) is 0 Å². The van der Waals surface area contributed by atoms with E-state index >= 15 is 0 Å². The largest absolute Gasteiger partial charge is 0.384 e. The van der Waals surface area contributed by atoms with Crippen LogP contribution in [0.5, 0.6) is 0 Å². The summed E-state index contributed by atoms with van der Waals surface area (Å²) >= 11 is 0. The number of hydrogen-bond donors (Lipinski definition) is 1. The average molecular weight is 199 g/mol. The Balaban J connectivity index is 2.32. The molecule has 1 N–H and O–H groups in total. The summed E-state index contributed by atoms with van der Waals surface area (Å²) in [5.41, 5.74) is 2.88. The highest BCUT2D eigenvalue weighted by molar-refractivity contribution is 5.30. The molecule has 0 spiro atoms. The maximum atomic E-state index is 10.1. The molecule has 2 rings (SSSR count). The highest BCUT2D eigenvalue weighted by Gasteiger charge is 2.09. The number of rotatable bonds is 2. The molecule has 2 heteroatoms. The van der Waals surface area contributed by atoms with Crippen molar-refractivity contribution in [2.75, 3.05) is 0 Å². The quantitative estimate of drug-likeness (QED) is 0.806. The molecule has 0 fully saturated rings. The standard InChI is InChI=1S/C13H13NO/c1-10-4-2-5-11(8-10)13(15)12-6-3-7-14-9-12/h2-9,13,15H,1H3/t13-/m0/s1. The third kappa shape index (κ3) is 2.22. The number of hydrogen-bond acceptors (Lipinski definition) is 2. The zero-order valence-electron chi connectivity index (χ0n) is 8.59. The summed E-state index contributed by atoms with van der Waals surface area (Å²) in [4.78, 5) is 3.99. The van der Waals surface area contributed by atoms with Crippen molar-refractivity contribution in [3.63, 3.8) is 0 Å². The van der Waals surface area contributed by atoms with Crippen LogP contribution in [-0.2, 0) is 0 Å².